The Bertz CT molecular complexity index is 1650. The van der Waals surface area contributed by atoms with Crippen molar-refractivity contribution in [2.24, 2.45) is 0 Å². The van der Waals surface area contributed by atoms with E-state index in [-0.39, 0.29) is 0 Å². The van der Waals surface area contributed by atoms with Gasteiger partial charge in [-0.25, -0.2) is 4.98 Å². The number of benzene rings is 3. The van der Waals surface area contributed by atoms with Crippen molar-refractivity contribution in [1.82, 2.24) is 14.9 Å². The number of rotatable bonds is 13. The Kier molecular flexibility index (Phi) is 8.71. The molecule has 2 aromatic heterocycles. The number of fused-ring (bicyclic) bond motifs is 3. The Balaban J connectivity index is 1.18. The molecule has 0 saturated carbocycles. The summed E-state index contributed by atoms with van der Waals surface area (Å²) < 4.78 is 20.4. The molecule has 216 valence electrons. The van der Waals surface area contributed by atoms with Crippen molar-refractivity contribution in [3.05, 3.63) is 96.2 Å². The molecule has 3 aromatic carbocycles. The van der Waals surface area contributed by atoms with Crippen LogP contribution in [0.2, 0.25) is 0 Å². The summed E-state index contributed by atoms with van der Waals surface area (Å²) in [6.45, 7) is 7.00. The second-order valence-electron chi connectivity index (χ2n) is 10.7. The van der Waals surface area contributed by atoms with Crippen molar-refractivity contribution in [1.29, 1.82) is 0 Å². The number of hydrogen-bond acceptors (Lipinski definition) is 5. The van der Waals surface area contributed by atoms with Gasteiger partial charge in [0.25, 0.3) is 0 Å². The van der Waals surface area contributed by atoms with Crippen LogP contribution in [0.4, 0.5) is 0 Å². The number of imidazole rings is 1. The first-order valence-electron chi connectivity index (χ1n) is 15.2. The van der Waals surface area contributed by atoms with Crippen LogP contribution in [-0.2, 0) is 12.8 Å². The molecule has 5 aromatic rings. The van der Waals surface area contributed by atoms with E-state index >= 15 is 0 Å². The molecule has 0 unspecified atom stereocenters. The van der Waals surface area contributed by atoms with Crippen LogP contribution in [0.25, 0.3) is 34.0 Å². The highest BCUT2D eigenvalue weighted by atomic mass is 16.5. The van der Waals surface area contributed by atoms with Crippen molar-refractivity contribution in [2.45, 2.75) is 52.4 Å². The van der Waals surface area contributed by atoms with Gasteiger partial charge in [0.15, 0.2) is 0 Å². The zero-order chi connectivity index (χ0) is 28.7. The van der Waals surface area contributed by atoms with E-state index in [0.29, 0.717) is 6.61 Å². The number of unbranched alkanes of at least 4 members (excludes halogenated alkanes) is 1. The van der Waals surface area contributed by atoms with E-state index in [2.05, 4.69) is 72.4 Å². The minimum absolute atomic E-state index is 0.707. The van der Waals surface area contributed by atoms with E-state index < -0.39 is 0 Å². The van der Waals surface area contributed by atoms with E-state index in [1.165, 1.54) is 5.56 Å². The fraction of sp³-hybridized carbons (Fsp3) is 0.306. The Morgan fingerprint density at radius 2 is 1.74 bits per heavy atom. The lowest BCUT2D eigenvalue weighted by Gasteiger charge is -2.10. The summed E-state index contributed by atoms with van der Waals surface area (Å²) in [5, 5.41) is 4.43. The van der Waals surface area contributed by atoms with Crippen LogP contribution in [0.3, 0.4) is 0 Å². The van der Waals surface area contributed by atoms with Crippen LogP contribution in [0.1, 0.15) is 56.7 Å². The number of furan rings is 1. The molecule has 0 amide bonds. The van der Waals surface area contributed by atoms with Crippen molar-refractivity contribution in [2.75, 3.05) is 19.7 Å². The highest BCUT2D eigenvalue weighted by Crippen LogP contribution is 2.35. The monoisotopic (exact) mass is 561 g/mol. The van der Waals surface area contributed by atoms with E-state index in [9.17, 15) is 0 Å². The fourth-order valence-electron chi connectivity index (χ4n) is 5.38. The van der Waals surface area contributed by atoms with E-state index in [0.717, 1.165) is 108 Å². The van der Waals surface area contributed by atoms with Gasteiger partial charge >= 0.3 is 0 Å². The maximum atomic E-state index is 6.26. The number of aryl methyl sites for hydroxylation is 2. The second kappa shape index (κ2) is 13.1. The van der Waals surface area contributed by atoms with Crippen LogP contribution >= 0.6 is 0 Å². The Morgan fingerprint density at radius 1 is 0.929 bits per heavy atom. The van der Waals surface area contributed by atoms with Crippen LogP contribution < -0.4 is 14.8 Å². The standard InChI is InChI=1S/C36H39N3O3/c1-3-5-11-36-38-33(26-12-16-28(17-13-26)40-23-8-22-37-4-2)25-39(36)27-14-18-29(19-15-27)41-30-20-21-35-32(24-30)31-9-6-7-10-34(31)42-35/h6,9,12-21,24-25,37H,3-5,7-8,10-11,22-23H2,1-2H3. The number of nitrogens with zero attached hydrogens (tertiary/aromatic N) is 2. The molecule has 0 bridgehead atoms. The van der Waals surface area contributed by atoms with Crippen LogP contribution in [0.15, 0.2) is 83.4 Å². The third-order valence-corrected chi connectivity index (χ3v) is 7.65. The van der Waals surface area contributed by atoms with Gasteiger partial charge in [-0.3, -0.25) is 0 Å². The van der Waals surface area contributed by atoms with Gasteiger partial charge < -0.3 is 23.8 Å². The minimum Gasteiger partial charge on any atom is -0.494 e. The average molecular weight is 562 g/mol. The molecule has 0 aliphatic heterocycles. The van der Waals surface area contributed by atoms with Crippen molar-refractivity contribution >= 4 is 17.0 Å². The minimum atomic E-state index is 0.707. The Hall–Kier alpha value is -4.29. The zero-order valence-corrected chi connectivity index (χ0v) is 24.6. The van der Waals surface area contributed by atoms with Gasteiger partial charge in [-0.05, 0) is 99.1 Å². The number of nitrogens with one attached hydrogen (secondary N) is 1. The summed E-state index contributed by atoms with van der Waals surface area (Å²) in [6.07, 6.45) is 12.6. The molecular formula is C36H39N3O3. The topological polar surface area (TPSA) is 61.5 Å². The molecule has 1 aliphatic carbocycles. The number of aromatic nitrogens is 2. The van der Waals surface area contributed by atoms with Gasteiger partial charge in [0.2, 0.25) is 0 Å². The summed E-state index contributed by atoms with van der Waals surface area (Å²) in [5.74, 6) is 4.61. The van der Waals surface area contributed by atoms with E-state index in [1.807, 2.05) is 36.4 Å². The van der Waals surface area contributed by atoms with Crippen molar-refractivity contribution in [3.8, 4) is 34.2 Å². The zero-order valence-electron chi connectivity index (χ0n) is 24.6. The lowest BCUT2D eigenvalue weighted by Crippen LogP contribution is -2.16. The molecule has 6 rings (SSSR count). The molecule has 1 aliphatic rings. The second-order valence-corrected chi connectivity index (χ2v) is 10.7. The predicted octanol–water partition coefficient (Wildman–Crippen LogP) is 8.76. The quantitative estimate of drug-likeness (QED) is 0.146. The van der Waals surface area contributed by atoms with Gasteiger partial charge in [0.1, 0.15) is 34.4 Å². The molecule has 0 radical (unpaired) electrons. The first kappa shape index (κ1) is 27.9. The molecule has 6 heteroatoms. The number of ether oxygens (including phenoxy) is 2. The number of hydrogen-bond donors (Lipinski definition) is 1. The molecular weight excluding hydrogens is 522 g/mol. The molecule has 6 nitrogen and oxygen atoms in total. The molecule has 0 atom stereocenters. The Labute approximate surface area is 248 Å². The van der Waals surface area contributed by atoms with E-state index in [1.54, 1.807) is 0 Å². The summed E-state index contributed by atoms with van der Waals surface area (Å²) >= 11 is 0. The highest BCUT2D eigenvalue weighted by Gasteiger charge is 2.16. The highest BCUT2D eigenvalue weighted by molar-refractivity contribution is 5.90. The maximum Gasteiger partial charge on any atom is 0.135 e. The van der Waals surface area contributed by atoms with Crippen LogP contribution in [0, 0.1) is 0 Å². The molecule has 2 heterocycles. The van der Waals surface area contributed by atoms with Gasteiger partial charge in [-0.1, -0.05) is 32.4 Å². The van der Waals surface area contributed by atoms with E-state index in [4.69, 9.17) is 18.9 Å². The lowest BCUT2D eigenvalue weighted by atomic mass is 10.0. The lowest BCUT2D eigenvalue weighted by molar-refractivity contribution is 0.309. The summed E-state index contributed by atoms with van der Waals surface area (Å²) in [7, 11) is 0. The molecule has 1 N–H and O–H groups in total. The summed E-state index contributed by atoms with van der Waals surface area (Å²) in [6, 6.07) is 22.6. The van der Waals surface area contributed by atoms with Gasteiger partial charge in [-0.2, -0.15) is 0 Å². The molecule has 0 fully saturated rings. The average Bonchev–Trinajstić information content (AvgIpc) is 3.62. The summed E-state index contributed by atoms with van der Waals surface area (Å²) in [4.78, 5) is 5.04. The maximum absolute atomic E-state index is 6.26. The first-order chi connectivity index (χ1) is 20.7. The smallest absolute Gasteiger partial charge is 0.135 e. The number of allylic oxidation sites excluding steroid dienone is 1. The molecule has 0 saturated heterocycles. The van der Waals surface area contributed by atoms with Crippen LogP contribution in [0.5, 0.6) is 17.2 Å². The van der Waals surface area contributed by atoms with Gasteiger partial charge in [0, 0.05) is 41.2 Å². The molecule has 42 heavy (non-hydrogen) atoms. The normalized spacial score (nSPS) is 12.5. The third kappa shape index (κ3) is 6.29. The van der Waals surface area contributed by atoms with Crippen LogP contribution in [-0.4, -0.2) is 29.2 Å². The van der Waals surface area contributed by atoms with Crippen molar-refractivity contribution < 1.29 is 13.9 Å². The first-order valence-corrected chi connectivity index (χ1v) is 15.2. The largest absolute Gasteiger partial charge is 0.494 e. The fourth-order valence-corrected chi connectivity index (χ4v) is 5.38. The Morgan fingerprint density at radius 3 is 2.55 bits per heavy atom. The van der Waals surface area contributed by atoms with Gasteiger partial charge in [0.05, 0.1) is 12.3 Å². The van der Waals surface area contributed by atoms with Gasteiger partial charge in [-0.15, -0.1) is 0 Å². The SMILES string of the molecule is CCCCc1nc(-c2ccc(OCCCNCC)cc2)cn1-c1ccc(Oc2ccc3oc4c(c3c2)C=CCC4)cc1. The molecule has 0 spiro atoms. The summed E-state index contributed by atoms with van der Waals surface area (Å²) in [5.41, 5.74) is 5.20. The third-order valence-electron chi connectivity index (χ3n) is 7.65. The van der Waals surface area contributed by atoms with Crippen molar-refractivity contribution in [3.63, 3.8) is 0 Å². The predicted molar refractivity (Wildman–Crippen MR) is 170 cm³/mol.